The fourth-order valence-electron chi connectivity index (χ4n) is 2.62. The minimum Gasteiger partial charge on any atom is -0.454 e. The lowest BCUT2D eigenvalue weighted by Gasteiger charge is -2.03. The topological polar surface area (TPSA) is 86.2 Å². The second-order valence-corrected chi connectivity index (χ2v) is 6.23. The van der Waals surface area contributed by atoms with E-state index in [1.807, 2.05) is 0 Å². The Hall–Kier alpha value is -3.32. The number of carbonyl (C=O) groups excluding carboxylic acids is 2. The summed E-state index contributed by atoms with van der Waals surface area (Å²) in [6.07, 6.45) is 1.53. The Kier molecular flexibility index (Phi) is 4.29. The van der Waals surface area contributed by atoms with E-state index >= 15 is 0 Å². The lowest BCUT2D eigenvalue weighted by Crippen LogP contribution is -2.07. The molecule has 0 saturated carbocycles. The zero-order chi connectivity index (χ0) is 19.0. The number of carbonyl (C=O) groups is 2. The van der Waals surface area contributed by atoms with Crippen LogP contribution in [0.2, 0.25) is 5.02 Å². The number of rotatable bonds is 3. The second kappa shape index (κ2) is 6.77. The number of ether oxygens (including phenoxy) is 3. The molecule has 8 heteroatoms. The van der Waals surface area contributed by atoms with Crippen molar-refractivity contribution in [1.29, 1.82) is 0 Å². The van der Waals surface area contributed by atoms with Gasteiger partial charge in [-0.05, 0) is 42.0 Å². The summed E-state index contributed by atoms with van der Waals surface area (Å²) in [5.41, 5.74) is 1.94. The molecule has 4 rings (SSSR count). The molecule has 2 heterocycles. The standard InChI is InChI=1S/C19H13ClN2O5/c1-10(23)21-13-4-2-11(3-5-13)18-22-15(19(24)27-18)6-12-7-16-17(8-14(12)20)26-9-25-16/h2-8H,9H2,1H3,(H,21,23)/b15-6-. The average molecular weight is 385 g/mol. The van der Waals surface area contributed by atoms with Gasteiger partial charge in [-0.15, -0.1) is 0 Å². The van der Waals surface area contributed by atoms with E-state index in [0.717, 1.165) is 0 Å². The van der Waals surface area contributed by atoms with Gasteiger partial charge < -0.3 is 19.5 Å². The van der Waals surface area contributed by atoms with Crippen molar-refractivity contribution in [2.24, 2.45) is 4.99 Å². The van der Waals surface area contributed by atoms with Crippen LogP contribution in [0.25, 0.3) is 6.08 Å². The van der Waals surface area contributed by atoms with E-state index in [1.54, 1.807) is 36.4 Å². The molecule has 0 saturated heterocycles. The highest BCUT2D eigenvalue weighted by Crippen LogP contribution is 2.38. The molecule has 2 aromatic rings. The van der Waals surface area contributed by atoms with Gasteiger partial charge in [0.15, 0.2) is 17.2 Å². The third kappa shape index (κ3) is 3.50. The van der Waals surface area contributed by atoms with Crippen LogP contribution in [0.4, 0.5) is 5.69 Å². The SMILES string of the molecule is CC(=O)Nc1ccc(C2=N/C(=C\c3cc4c(cc3Cl)OCO4)C(=O)O2)cc1. The largest absolute Gasteiger partial charge is 0.454 e. The quantitative estimate of drug-likeness (QED) is 0.647. The Morgan fingerprint density at radius 1 is 1.19 bits per heavy atom. The molecular weight excluding hydrogens is 372 g/mol. The molecule has 2 aliphatic heterocycles. The first-order valence-corrected chi connectivity index (χ1v) is 8.37. The number of cyclic esters (lactones) is 1. The number of nitrogens with zero attached hydrogens (tertiary/aromatic N) is 1. The number of fused-ring (bicyclic) bond motifs is 1. The molecular formula is C19H13ClN2O5. The predicted octanol–water partition coefficient (Wildman–Crippen LogP) is 3.37. The van der Waals surface area contributed by atoms with Crippen LogP contribution in [-0.2, 0) is 14.3 Å². The molecule has 0 aromatic heterocycles. The number of benzene rings is 2. The minimum atomic E-state index is -0.579. The molecule has 0 aliphatic carbocycles. The Morgan fingerprint density at radius 3 is 2.59 bits per heavy atom. The van der Waals surface area contributed by atoms with Crippen molar-refractivity contribution in [3.8, 4) is 11.5 Å². The van der Waals surface area contributed by atoms with Crippen molar-refractivity contribution in [2.75, 3.05) is 12.1 Å². The number of anilines is 1. The molecule has 27 heavy (non-hydrogen) atoms. The summed E-state index contributed by atoms with van der Waals surface area (Å²) in [5.74, 6) is 0.537. The van der Waals surface area contributed by atoms with Gasteiger partial charge in [0.05, 0.1) is 5.02 Å². The summed E-state index contributed by atoms with van der Waals surface area (Å²) < 4.78 is 15.8. The summed E-state index contributed by atoms with van der Waals surface area (Å²) in [4.78, 5) is 27.5. The first kappa shape index (κ1) is 17.1. The molecule has 0 unspecified atom stereocenters. The smallest absolute Gasteiger partial charge is 0.363 e. The van der Waals surface area contributed by atoms with Gasteiger partial charge in [0.1, 0.15) is 0 Å². The third-order valence-electron chi connectivity index (χ3n) is 3.86. The van der Waals surface area contributed by atoms with Gasteiger partial charge in [0, 0.05) is 24.2 Å². The zero-order valence-corrected chi connectivity index (χ0v) is 14.9. The Bertz CT molecular complexity index is 1010. The van der Waals surface area contributed by atoms with Crippen molar-refractivity contribution >= 4 is 41.1 Å². The molecule has 0 atom stereocenters. The van der Waals surface area contributed by atoms with E-state index < -0.39 is 5.97 Å². The van der Waals surface area contributed by atoms with Gasteiger partial charge in [0.2, 0.25) is 18.6 Å². The van der Waals surface area contributed by atoms with E-state index in [1.165, 1.54) is 13.0 Å². The van der Waals surface area contributed by atoms with Gasteiger partial charge >= 0.3 is 5.97 Å². The van der Waals surface area contributed by atoms with E-state index in [0.29, 0.717) is 33.3 Å². The van der Waals surface area contributed by atoms with Crippen molar-refractivity contribution in [2.45, 2.75) is 6.92 Å². The molecule has 1 N–H and O–H groups in total. The Balaban J connectivity index is 1.61. The van der Waals surface area contributed by atoms with E-state index in [4.69, 9.17) is 25.8 Å². The summed E-state index contributed by atoms with van der Waals surface area (Å²) >= 11 is 6.23. The summed E-state index contributed by atoms with van der Waals surface area (Å²) in [7, 11) is 0. The number of halogens is 1. The molecule has 2 aromatic carbocycles. The number of hydrogen-bond donors (Lipinski definition) is 1. The van der Waals surface area contributed by atoms with E-state index in [9.17, 15) is 9.59 Å². The van der Waals surface area contributed by atoms with Gasteiger partial charge in [0.25, 0.3) is 0 Å². The number of hydrogen-bond acceptors (Lipinski definition) is 6. The van der Waals surface area contributed by atoms with Crippen LogP contribution < -0.4 is 14.8 Å². The highest BCUT2D eigenvalue weighted by atomic mass is 35.5. The fraction of sp³-hybridized carbons (Fsp3) is 0.105. The van der Waals surface area contributed by atoms with E-state index in [2.05, 4.69) is 10.3 Å². The van der Waals surface area contributed by atoms with Gasteiger partial charge in [-0.2, -0.15) is 0 Å². The zero-order valence-electron chi connectivity index (χ0n) is 14.1. The summed E-state index contributed by atoms with van der Waals surface area (Å²) in [6.45, 7) is 1.56. The molecule has 2 aliphatic rings. The molecule has 7 nitrogen and oxygen atoms in total. The monoisotopic (exact) mass is 384 g/mol. The maximum absolute atomic E-state index is 12.2. The number of nitrogens with one attached hydrogen (secondary N) is 1. The molecule has 0 bridgehead atoms. The van der Waals surface area contributed by atoms with Crippen LogP contribution in [0.3, 0.4) is 0 Å². The van der Waals surface area contributed by atoms with Crippen LogP contribution in [0.15, 0.2) is 47.1 Å². The maximum Gasteiger partial charge on any atom is 0.363 e. The Labute approximate surface area is 159 Å². The molecule has 0 fully saturated rings. The predicted molar refractivity (Wildman–Crippen MR) is 98.9 cm³/mol. The highest BCUT2D eigenvalue weighted by Gasteiger charge is 2.25. The highest BCUT2D eigenvalue weighted by molar-refractivity contribution is 6.32. The second-order valence-electron chi connectivity index (χ2n) is 5.82. The Morgan fingerprint density at radius 2 is 1.89 bits per heavy atom. The van der Waals surface area contributed by atoms with Crippen molar-refractivity contribution < 1.29 is 23.8 Å². The van der Waals surface area contributed by atoms with Gasteiger partial charge in [-0.3, -0.25) is 4.79 Å². The molecule has 0 spiro atoms. The van der Waals surface area contributed by atoms with Crippen LogP contribution in [-0.4, -0.2) is 24.6 Å². The normalized spacial score (nSPS) is 16.3. The number of esters is 1. The van der Waals surface area contributed by atoms with Gasteiger partial charge in [-0.25, -0.2) is 9.79 Å². The van der Waals surface area contributed by atoms with Crippen molar-refractivity contribution in [3.05, 3.63) is 58.2 Å². The lowest BCUT2D eigenvalue weighted by atomic mass is 10.1. The fourth-order valence-corrected chi connectivity index (χ4v) is 2.83. The third-order valence-corrected chi connectivity index (χ3v) is 4.18. The summed E-state index contributed by atoms with van der Waals surface area (Å²) in [6, 6.07) is 10.1. The first-order valence-electron chi connectivity index (χ1n) is 7.99. The van der Waals surface area contributed by atoms with E-state index in [-0.39, 0.29) is 24.3 Å². The lowest BCUT2D eigenvalue weighted by molar-refractivity contribution is -0.129. The maximum atomic E-state index is 12.2. The number of aliphatic imine (C=N–C) groups is 1. The summed E-state index contributed by atoms with van der Waals surface area (Å²) in [5, 5.41) is 3.07. The first-order chi connectivity index (χ1) is 13.0. The van der Waals surface area contributed by atoms with Crippen LogP contribution in [0.5, 0.6) is 11.5 Å². The van der Waals surface area contributed by atoms with Crippen LogP contribution in [0.1, 0.15) is 18.1 Å². The molecule has 1 amide bonds. The van der Waals surface area contributed by atoms with Crippen molar-refractivity contribution in [1.82, 2.24) is 0 Å². The average Bonchev–Trinajstić information content (AvgIpc) is 3.22. The number of amides is 1. The van der Waals surface area contributed by atoms with Crippen molar-refractivity contribution in [3.63, 3.8) is 0 Å². The van der Waals surface area contributed by atoms with Gasteiger partial charge in [-0.1, -0.05) is 11.6 Å². The minimum absolute atomic E-state index is 0.122. The van der Waals surface area contributed by atoms with Crippen LogP contribution in [0, 0.1) is 0 Å². The molecule has 0 radical (unpaired) electrons. The van der Waals surface area contributed by atoms with Crippen LogP contribution >= 0.6 is 11.6 Å². The molecule has 136 valence electrons.